The van der Waals surface area contributed by atoms with Crippen molar-refractivity contribution in [3.05, 3.63) is 97.2 Å². The van der Waals surface area contributed by atoms with Gasteiger partial charge in [0.15, 0.2) is 0 Å². The first-order valence-corrected chi connectivity index (χ1v) is 11.3. The second kappa shape index (κ2) is 8.11. The average molecular weight is 369 g/mol. The van der Waals surface area contributed by atoms with E-state index in [1.54, 1.807) is 0 Å². The van der Waals surface area contributed by atoms with Crippen LogP contribution in [0, 0.1) is 47.3 Å². The van der Waals surface area contributed by atoms with Gasteiger partial charge >= 0.3 is 0 Å². The molecule has 7 unspecified atom stereocenters. The molecule has 144 valence electrons. The van der Waals surface area contributed by atoms with Crippen LogP contribution in [0.2, 0.25) is 0 Å². The Kier molecular flexibility index (Phi) is 5.21. The lowest BCUT2D eigenvalue weighted by Crippen LogP contribution is -2.22. The standard InChI is InChI=1S/C28H32/c1-2-11-21(12-3-1)23-15-5-4-13-22(23)14-10-20-28-26-18-8-6-16-24(26)25-17-7-9-19-27(25)28/h1-9,11,13,15-19,21-28H,10,12,14,20H2. The lowest BCUT2D eigenvalue weighted by atomic mass is 9.73. The van der Waals surface area contributed by atoms with Gasteiger partial charge in [-0.25, -0.2) is 0 Å². The smallest absolute Gasteiger partial charge is 0.00956 e. The maximum atomic E-state index is 2.50. The molecule has 5 rings (SSSR count). The first-order valence-electron chi connectivity index (χ1n) is 11.3. The molecule has 5 aliphatic carbocycles. The van der Waals surface area contributed by atoms with E-state index < -0.39 is 0 Å². The van der Waals surface area contributed by atoms with E-state index >= 15 is 0 Å². The van der Waals surface area contributed by atoms with E-state index in [0.29, 0.717) is 29.6 Å². The molecule has 1 saturated carbocycles. The lowest BCUT2D eigenvalue weighted by Gasteiger charge is -2.31. The van der Waals surface area contributed by atoms with Crippen molar-refractivity contribution in [2.75, 3.05) is 0 Å². The molecule has 0 spiro atoms. The fourth-order valence-corrected chi connectivity index (χ4v) is 6.44. The molecule has 0 aliphatic heterocycles. The molecule has 28 heavy (non-hydrogen) atoms. The van der Waals surface area contributed by atoms with Crippen LogP contribution in [0.1, 0.15) is 25.7 Å². The molecule has 0 saturated heterocycles. The molecular formula is C28H32. The predicted octanol–water partition coefficient (Wildman–Crippen LogP) is 6.99. The highest BCUT2D eigenvalue weighted by atomic mass is 14.5. The fraction of sp³-hybridized carbons (Fsp3) is 0.429. The summed E-state index contributed by atoms with van der Waals surface area (Å²) in [5.41, 5.74) is 0. The van der Waals surface area contributed by atoms with E-state index in [4.69, 9.17) is 0 Å². The Morgan fingerprint density at radius 1 is 0.500 bits per heavy atom. The molecule has 7 atom stereocenters. The third kappa shape index (κ3) is 3.39. The van der Waals surface area contributed by atoms with Gasteiger partial charge in [-0.05, 0) is 66.6 Å². The Balaban J connectivity index is 1.23. The second-order valence-corrected chi connectivity index (χ2v) is 9.17. The molecule has 1 fully saturated rings. The van der Waals surface area contributed by atoms with Crippen molar-refractivity contribution in [1.29, 1.82) is 0 Å². The molecule has 0 aromatic rings. The van der Waals surface area contributed by atoms with Gasteiger partial charge in [-0.15, -0.1) is 0 Å². The number of fused-ring (bicyclic) bond motifs is 3. The van der Waals surface area contributed by atoms with E-state index in [-0.39, 0.29) is 0 Å². The number of rotatable bonds is 5. The second-order valence-electron chi connectivity index (χ2n) is 9.17. The molecule has 0 amide bonds. The summed E-state index contributed by atoms with van der Waals surface area (Å²) >= 11 is 0. The number of allylic oxidation sites excluding steroid dienone is 16. The zero-order valence-electron chi connectivity index (χ0n) is 16.7. The summed E-state index contributed by atoms with van der Waals surface area (Å²) < 4.78 is 0. The van der Waals surface area contributed by atoms with Crippen LogP contribution in [0.5, 0.6) is 0 Å². The van der Waals surface area contributed by atoms with Gasteiger partial charge in [0.25, 0.3) is 0 Å². The molecular weight excluding hydrogens is 336 g/mol. The number of hydrogen-bond donors (Lipinski definition) is 0. The highest BCUT2D eigenvalue weighted by Gasteiger charge is 2.46. The average Bonchev–Trinajstić information content (AvgIpc) is 3.09. The Morgan fingerprint density at radius 3 is 1.71 bits per heavy atom. The van der Waals surface area contributed by atoms with Crippen molar-refractivity contribution >= 4 is 0 Å². The maximum Gasteiger partial charge on any atom is -0.00956 e. The molecule has 0 heteroatoms. The number of hydrogen-bond acceptors (Lipinski definition) is 0. The zero-order valence-corrected chi connectivity index (χ0v) is 16.7. The lowest BCUT2D eigenvalue weighted by molar-refractivity contribution is 0.302. The van der Waals surface area contributed by atoms with Crippen LogP contribution >= 0.6 is 0 Å². The summed E-state index contributed by atoms with van der Waals surface area (Å²) in [6.07, 6.45) is 42.9. The van der Waals surface area contributed by atoms with Gasteiger partial charge in [0.05, 0.1) is 0 Å². The normalized spacial score (nSPS) is 42.1. The van der Waals surface area contributed by atoms with E-state index in [1.165, 1.54) is 25.7 Å². The quantitative estimate of drug-likeness (QED) is 0.490. The summed E-state index contributed by atoms with van der Waals surface area (Å²) in [6, 6.07) is 0. The third-order valence-electron chi connectivity index (χ3n) is 7.76. The largest absolute Gasteiger partial charge is 0.0839 e. The van der Waals surface area contributed by atoms with E-state index in [0.717, 1.165) is 17.8 Å². The first-order chi connectivity index (χ1) is 13.9. The summed E-state index contributed by atoms with van der Waals surface area (Å²) in [4.78, 5) is 0. The molecule has 0 nitrogen and oxygen atoms in total. The van der Waals surface area contributed by atoms with Gasteiger partial charge in [-0.2, -0.15) is 0 Å². The fourth-order valence-electron chi connectivity index (χ4n) is 6.44. The first kappa shape index (κ1) is 18.0. The van der Waals surface area contributed by atoms with Crippen LogP contribution in [0.4, 0.5) is 0 Å². The molecule has 0 N–H and O–H groups in total. The van der Waals surface area contributed by atoms with Gasteiger partial charge in [0, 0.05) is 0 Å². The molecule has 0 radical (unpaired) electrons. The minimum atomic E-state index is 0.672. The van der Waals surface area contributed by atoms with Gasteiger partial charge in [0.2, 0.25) is 0 Å². The summed E-state index contributed by atoms with van der Waals surface area (Å²) in [7, 11) is 0. The Hall–Kier alpha value is -2.08. The van der Waals surface area contributed by atoms with Crippen molar-refractivity contribution < 1.29 is 0 Å². The van der Waals surface area contributed by atoms with Crippen LogP contribution in [0.15, 0.2) is 97.2 Å². The van der Waals surface area contributed by atoms with Crippen LogP contribution in [0.3, 0.4) is 0 Å². The highest BCUT2D eigenvalue weighted by Crippen LogP contribution is 2.53. The monoisotopic (exact) mass is 368 g/mol. The zero-order chi connectivity index (χ0) is 18.8. The summed E-state index contributed by atoms with van der Waals surface area (Å²) in [6.45, 7) is 0. The third-order valence-corrected chi connectivity index (χ3v) is 7.76. The van der Waals surface area contributed by atoms with Gasteiger partial charge in [-0.1, -0.05) is 104 Å². The molecule has 5 aliphatic rings. The van der Waals surface area contributed by atoms with Crippen LogP contribution in [-0.4, -0.2) is 0 Å². The Morgan fingerprint density at radius 2 is 1.07 bits per heavy atom. The van der Waals surface area contributed by atoms with Gasteiger partial charge in [-0.3, -0.25) is 0 Å². The maximum absolute atomic E-state index is 2.50. The van der Waals surface area contributed by atoms with E-state index in [2.05, 4.69) is 97.2 Å². The summed E-state index contributed by atoms with van der Waals surface area (Å²) in [5.74, 6) is 5.74. The summed E-state index contributed by atoms with van der Waals surface area (Å²) in [5, 5.41) is 0. The molecule has 0 aromatic heterocycles. The topological polar surface area (TPSA) is 0 Å². The predicted molar refractivity (Wildman–Crippen MR) is 120 cm³/mol. The van der Waals surface area contributed by atoms with Crippen molar-refractivity contribution in [3.8, 4) is 0 Å². The molecule has 0 bridgehead atoms. The highest BCUT2D eigenvalue weighted by molar-refractivity contribution is 5.28. The van der Waals surface area contributed by atoms with Crippen LogP contribution in [0.25, 0.3) is 0 Å². The van der Waals surface area contributed by atoms with E-state index in [1.807, 2.05) is 0 Å². The van der Waals surface area contributed by atoms with Crippen molar-refractivity contribution in [3.63, 3.8) is 0 Å². The molecule has 0 heterocycles. The van der Waals surface area contributed by atoms with Gasteiger partial charge < -0.3 is 0 Å². The minimum Gasteiger partial charge on any atom is -0.0839 e. The Labute approximate surface area is 170 Å². The van der Waals surface area contributed by atoms with Crippen molar-refractivity contribution in [2.24, 2.45) is 47.3 Å². The minimum absolute atomic E-state index is 0.672. The van der Waals surface area contributed by atoms with Crippen molar-refractivity contribution in [1.82, 2.24) is 0 Å². The van der Waals surface area contributed by atoms with Crippen molar-refractivity contribution in [2.45, 2.75) is 25.7 Å². The van der Waals surface area contributed by atoms with Crippen LogP contribution in [-0.2, 0) is 0 Å². The van der Waals surface area contributed by atoms with Crippen LogP contribution < -0.4 is 0 Å². The SMILES string of the molecule is C1=CCC(C2C=CC=CC2CCCC2C3C=CC=CC3C3C=CC=CC32)C=C1. The molecule has 0 aromatic carbocycles. The van der Waals surface area contributed by atoms with E-state index in [9.17, 15) is 0 Å². The Bertz CT molecular complexity index is 762. The van der Waals surface area contributed by atoms with Gasteiger partial charge in [0.1, 0.15) is 0 Å².